The first-order valence-corrected chi connectivity index (χ1v) is 8.38. The van der Waals surface area contributed by atoms with Crippen molar-refractivity contribution in [2.75, 3.05) is 19.6 Å². The van der Waals surface area contributed by atoms with Crippen molar-refractivity contribution in [3.05, 3.63) is 60.2 Å². The van der Waals surface area contributed by atoms with Crippen LogP contribution < -0.4 is 0 Å². The van der Waals surface area contributed by atoms with Gasteiger partial charge in [-0.3, -0.25) is 0 Å². The fourth-order valence-electron chi connectivity index (χ4n) is 4.23. The molecule has 2 aromatic carbocycles. The molecule has 2 bridgehead atoms. The molecule has 2 heteroatoms. The van der Waals surface area contributed by atoms with Crippen molar-refractivity contribution in [3.8, 4) is 11.1 Å². The highest BCUT2D eigenvalue weighted by Gasteiger charge is 2.38. The van der Waals surface area contributed by atoms with Crippen LogP contribution in [0.3, 0.4) is 0 Å². The van der Waals surface area contributed by atoms with Crippen LogP contribution in [0.15, 0.2) is 54.6 Å². The number of benzene rings is 2. The van der Waals surface area contributed by atoms with Crippen LogP contribution in [0.1, 0.15) is 24.5 Å². The van der Waals surface area contributed by atoms with Crippen LogP contribution in [0.5, 0.6) is 0 Å². The van der Waals surface area contributed by atoms with Gasteiger partial charge in [-0.15, -0.1) is 0 Å². The van der Waals surface area contributed by atoms with E-state index in [-0.39, 0.29) is 6.10 Å². The van der Waals surface area contributed by atoms with Gasteiger partial charge in [0.25, 0.3) is 0 Å². The van der Waals surface area contributed by atoms with Crippen molar-refractivity contribution in [1.29, 1.82) is 0 Å². The first-order chi connectivity index (χ1) is 10.8. The number of hydrogen-bond donors (Lipinski definition) is 1. The smallest absolute Gasteiger partial charge is 0.0839 e. The van der Waals surface area contributed by atoms with Crippen LogP contribution in [-0.4, -0.2) is 29.6 Å². The second-order valence-corrected chi connectivity index (χ2v) is 6.70. The summed E-state index contributed by atoms with van der Waals surface area (Å²) in [6.07, 6.45) is 2.13. The summed E-state index contributed by atoms with van der Waals surface area (Å²) in [5.74, 6) is 1.07. The lowest BCUT2D eigenvalue weighted by Crippen LogP contribution is -2.49. The molecule has 0 aliphatic carbocycles. The Morgan fingerprint density at radius 3 is 2.27 bits per heavy atom. The third kappa shape index (κ3) is 2.47. The summed E-state index contributed by atoms with van der Waals surface area (Å²) in [7, 11) is 0. The zero-order valence-electron chi connectivity index (χ0n) is 12.9. The summed E-state index contributed by atoms with van der Waals surface area (Å²) in [6.45, 7) is 3.48. The van der Waals surface area contributed by atoms with E-state index in [2.05, 4.69) is 47.4 Å². The molecule has 2 atom stereocenters. The van der Waals surface area contributed by atoms with Gasteiger partial charge in [0, 0.05) is 12.5 Å². The van der Waals surface area contributed by atoms with E-state index in [1.165, 1.54) is 37.1 Å². The normalized spacial score (nSPS) is 28.5. The fraction of sp³-hybridized carbons (Fsp3) is 0.400. The summed E-state index contributed by atoms with van der Waals surface area (Å²) in [5, 5.41) is 11.1. The molecule has 2 nitrogen and oxygen atoms in total. The second kappa shape index (κ2) is 5.86. The minimum atomic E-state index is -0.357. The average molecular weight is 293 g/mol. The van der Waals surface area contributed by atoms with Gasteiger partial charge in [0.05, 0.1) is 6.10 Å². The monoisotopic (exact) mass is 293 g/mol. The largest absolute Gasteiger partial charge is 0.388 e. The predicted molar refractivity (Wildman–Crippen MR) is 89.5 cm³/mol. The molecule has 0 saturated carbocycles. The van der Waals surface area contributed by atoms with E-state index in [1.54, 1.807) is 0 Å². The molecule has 2 unspecified atom stereocenters. The maximum Gasteiger partial charge on any atom is 0.0839 e. The zero-order chi connectivity index (χ0) is 14.9. The molecule has 0 aromatic heterocycles. The first kappa shape index (κ1) is 14.0. The Morgan fingerprint density at radius 2 is 1.59 bits per heavy atom. The molecule has 1 N–H and O–H groups in total. The van der Waals surface area contributed by atoms with E-state index in [0.717, 1.165) is 12.1 Å². The Bertz CT molecular complexity index is 631. The third-order valence-corrected chi connectivity index (χ3v) is 5.48. The Balaban J connectivity index is 1.68. The number of aliphatic hydroxyl groups excluding tert-OH is 1. The van der Waals surface area contributed by atoms with Gasteiger partial charge in [-0.2, -0.15) is 0 Å². The quantitative estimate of drug-likeness (QED) is 0.932. The number of nitrogens with zero attached hydrogens (tertiary/aromatic N) is 1. The van der Waals surface area contributed by atoms with Gasteiger partial charge in [0.1, 0.15) is 0 Å². The maximum atomic E-state index is 11.1. The number of rotatable bonds is 3. The van der Waals surface area contributed by atoms with Crippen molar-refractivity contribution in [1.82, 2.24) is 4.90 Å². The second-order valence-electron chi connectivity index (χ2n) is 6.70. The van der Waals surface area contributed by atoms with Crippen molar-refractivity contribution in [3.63, 3.8) is 0 Å². The molecule has 114 valence electrons. The fourth-order valence-corrected chi connectivity index (χ4v) is 4.23. The number of fused-ring (bicyclic) bond motifs is 3. The average Bonchev–Trinajstić information content (AvgIpc) is 2.63. The van der Waals surface area contributed by atoms with Crippen molar-refractivity contribution < 1.29 is 5.11 Å². The summed E-state index contributed by atoms with van der Waals surface area (Å²) >= 11 is 0. The van der Waals surface area contributed by atoms with Crippen molar-refractivity contribution in [2.45, 2.75) is 18.9 Å². The summed E-state index contributed by atoms with van der Waals surface area (Å²) in [6, 6.07) is 18.8. The van der Waals surface area contributed by atoms with E-state index in [0.29, 0.717) is 11.8 Å². The Kier molecular flexibility index (Phi) is 3.73. The molecule has 2 aromatic rings. The Labute approximate surface area is 132 Å². The van der Waals surface area contributed by atoms with E-state index < -0.39 is 0 Å². The van der Waals surface area contributed by atoms with Gasteiger partial charge in [0.15, 0.2) is 0 Å². The third-order valence-electron chi connectivity index (χ3n) is 5.48. The van der Waals surface area contributed by atoms with E-state index in [4.69, 9.17) is 0 Å². The predicted octanol–water partition coefficient (Wildman–Crippen LogP) is 3.73. The molecular weight excluding hydrogens is 270 g/mol. The van der Waals surface area contributed by atoms with Crippen molar-refractivity contribution >= 4 is 0 Å². The van der Waals surface area contributed by atoms with E-state index in [9.17, 15) is 5.11 Å². The lowest BCUT2D eigenvalue weighted by Gasteiger charge is -2.46. The molecular formula is C20H23NO. The highest BCUT2D eigenvalue weighted by Crippen LogP contribution is 2.41. The number of aliphatic hydroxyl groups is 1. The SMILES string of the molecule is OC(c1ccccc1-c1ccccc1)C1CN2CCC1CC2. The zero-order valence-corrected chi connectivity index (χ0v) is 12.9. The van der Waals surface area contributed by atoms with Crippen molar-refractivity contribution in [2.24, 2.45) is 11.8 Å². The van der Waals surface area contributed by atoms with Gasteiger partial charge in [-0.1, -0.05) is 54.6 Å². The summed E-state index contributed by atoms with van der Waals surface area (Å²) < 4.78 is 0. The Hall–Kier alpha value is -1.64. The highest BCUT2D eigenvalue weighted by atomic mass is 16.3. The minimum absolute atomic E-state index is 0.357. The van der Waals surface area contributed by atoms with Crippen LogP contribution in [0.2, 0.25) is 0 Å². The molecule has 5 rings (SSSR count). The molecule has 0 amide bonds. The molecule has 3 aliphatic rings. The topological polar surface area (TPSA) is 23.5 Å². The van der Waals surface area contributed by atoms with E-state index >= 15 is 0 Å². The van der Waals surface area contributed by atoms with Gasteiger partial charge in [-0.05, 0) is 48.5 Å². The first-order valence-electron chi connectivity index (χ1n) is 8.38. The molecule has 3 fully saturated rings. The lowest BCUT2D eigenvalue weighted by atomic mass is 9.74. The standard InChI is InChI=1S/C20H23NO/c22-20(19-14-21-12-10-16(19)11-13-21)18-9-5-4-8-17(18)15-6-2-1-3-7-15/h1-9,16,19-20,22H,10-14H2. The lowest BCUT2D eigenvalue weighted by molar-refractivity contribution is -0.0261. The van der Waals surface area contributed by atoms with Gasteiger partial charge in [0.2, 0.25) is 0 Å². The minimum Gasteiger partial charge on any atom is -0.388 e. The number of hydrogen-bond acceptors (Lipinski definition) is 2. The van der Waals surface area contributed by atoms with Gasteiger partial charge >= 0.3 is 0 Å². The molecule has 0 radical (unpaired) electrons. The molecule has 3 saturated heterocycles. The molecule has 3 aliphatic heterocycles. The van der Waals surface area contributed by atoms with E-state index in [1.807, 2.05) is 12.1 Å². The van der Waals surface area contributed by atoms with Gasteiger partial charge < -0.3 is 10.0 Å². The number of piperidine rings is 3. The summed E-state index contributed by atoms with van der Waals surface area (Å²) in [4.78, 5) is 2.51. The maximum absolute atomic E-state index is 11.1. The molecule has 0 spiro atoms. The van der Waals surface area contributed by atoms with Crippen LogP contribution >= 0.6 is 0 Å². The van der Waals surface area contributed by atoms with Crippen LogP contribution in [-0.2, 0) is 0 Å². The van der Waals surface area contributed by atoms with Crippen LogP contribution in [0.25, 0.3) is 11.1 Å². The summed E-state index contributed by atoms with van der Waals surface area (Å²) in [5.41, 5.74) is 3.46. The Morgan fingerprint density at radius 1 is 0.909 bits per heavy atom. The van der Waals surface area contributed by atoms with Crippen LogP contribution in [0.4, 0.5) is 0 Å². The van der Waals surface area contributed by atoms with Crippen LogP contribution in [0, 0.1) is 11.8 Å². The highest BCUT2D eigenvalue weighted by molar-refractivity contribution is 5.67. The molecule has 22 heavy (non-hydrogen) atoms. The van der Waals surface area contributed by atoms with Gasteiger partial charge in [-0.25, -0.2) is 0 Å². The molecule has 3 heterocycles.